The van der Waals surface area contributed by atoms with Crippen LogP contribution in [0.15, 0.2) is 24.5 Å². The molecule has 5 heteroatoms. The van der Waals surface area contributed by atoms with E-state index in [1.807, 2.05) is 50.2 Å². The first kappa shape index (κ1) is 17.7. The maximum absolute atomic E-state index is 12.2. The number of hydrogen-bond acceptors (Lipinski definition) is 4. The molecule has 5 nitrogen and oxygen atoms in total. The summed E-state index contributed by atoms with van der Waals surface area (Å²) in [4.78, 5) is 20.4. The second-order valence-electron chi connectivity index (χ2n) is 7.49. The van der Waals surface area contributed by atoms with Crippen LogP contribution in [-0.2, 0) is 11.3 Å². The van der Waals surface area contributed by atoms with E-state index in [1.165, 1.54) is 12.0 Å². The minimum Gasteiger partial charge on any atom is -0.444 e. The lowest BCUT2D eigenvalue weighted by Crippen LogP contribution is -2.45. The molecule has 0 saturated carbocycles. The summed E-state index contributed by atoms with van der Waals surface area (Å²) in [6.45, 7) is 9.22. The zero-order chi connectivity index (χ0) is 16.9. The number of nitrogens with zero attached hydrogens (tertiary/aromatic N) is 3. The van der Waals surface area contributed by atoms with Crippen molar-refractivity contribution in [3.63, 3.8) is 0 Å². The lowest BCUT2D eigenvalue weighted by atomic mass is 9.97. The standard InChI is InChI=1S/C18H29N3O2/c1-18(2,3)23-17(22)21-11-5-6-16(14-21)13-20(4)12-15-7-9-19-10-8-15/h7-10,16H,5-6,11-14H2,1-4H3. The van der Waals surface area contributed by atoms with Gasteiger partial charge >= 0.3 is 6.09 Å². The predicted octanol–water partition coefficient (Wildman–Crippen LogP) is 3.16. The van der Waals surface area contributed by atoms with Crippen molar-refractivity contribution in [1.29, 1.82) is 0 Å². The highest BCUT2D eigenvalue weighted by molar-refractivity contribution is 5.68. The normalized spacial score (nSPS) is 19.0. The van der Waals surface area contributed by atoms with Gasteiger partial charge in [-0.05, 0) is 64.3 Å². The van der Waals surface area contributed by atoms with Crippen LogP contribution < -0.4 is 0 Å². The zero-order valence-electron chi connectivity index (χ0n) is 14.8. The Morgan fingerprint density at radius 1 is 1.39 bits per heavy atom. The van der Waals surface area contributed by atoms with Gasteiger partial charge < -0.3 is 14.5 Å². The van der Waals surface area contributed by atoms with Gasteiger partial charge in [-0.1, -0.05) is 0 Å². The van der Waals surface area contributed by atoms with Crippen LogP contribution in [0.2, 0.25) is 0 Å². The number of carbonyl (C=O) groups excluding carboxylic acids is 1. The van der Waals surface area contributed by atoms with Gasteiger partial charge in [0.1, 0.15) is 5.60 Å². The van der Waals surface area contributed by atoms with E-state index in [9.17, 15) is 4.79 Å². The quantitative estimate of drug-likeness (QED) is 0.855. The Kier molecular flexibility index (Phi) is 5.99. The molecule has 0 aliphatic carbocycles. The number of carbonyl (C=O) groups is 1. The van der Waals surface area contributed by atoms with Crippen molar-refractivity contribution in [3.05, 3.63) is 30.1 Å². The smallest absolute Gasteiger partial charge is 0.410 e. The van der Waals surface area contributed by atoms with E-state index in [1.54, 1.807) is 0 Å². The summed E-state index contributed by atoms with van der Waals surface area (Å²) in [5.41, 5.74) is 0.838. The highest BCUT2D eigenvalue weighted by Crippen LogP contribution is 2.20. The van der Waals surface area contributed by atoms with E-state index >= 15 is 0 Å². The second-order valence-corrected chi connectivity index (χ2v) is 7.49. The number of rotatable bonds is 4. The highest BCUT2D eigenvalue weighted by Gasteiger charge is 2.28. The van der Waals surface area contributed by atoms with Crippen LogP contribution in [0.5, 0.6) is 0 Å². The van der Waals surface area contributed by atoms with Crippen molar-refractivity contribution in [2.24, 2.45) is 5.92 Å². The van der Waals surface area contributed by atoms with E-state index in [2.05, 4.69) is 16.9 Å². The molecule has 0 N–H and O–H groups in total. The molecular weight excluding hydrogens is 290 g/mol. The lowest BCUT2D eigenvalue weighted by Gasteiger charge is -2.35. The number of piperidine rings is 1. The third kappa shape index (κ3) is 6.18. The first-order valence-corrected chi connectivity index (χ1v) is 8.39. The van der Waals surface area contributed by atoms with Crippen molar-refractivity contribution >= 4 is 6.09 Å². The van der Waals surface area contributed by atoms with Gasteiger partial charge in [0, 0.05) is 38.6 Å². The van der Waals surface area contributed by atoms with E-state index in [-0.39, 0.29) is 6.09 Å². The van der Waals surface area contributed by atoms with Crippen molar-refractivity contribution in [3.8, 4) is 0 Å². The fourth-order valence-corrected chi connectivity index (χ4v) is 3.01. The molecule has 1 unspecified atom stereocenters. The van der Waals surface area contributed by atoms with Crippen molar-refractivity contribution in [1.82, 2.24) is 14.8 Å². The van der Waals surface area contributed by atoms with Crippen LogP contribution in [0.4, 0.5) is 4.79 Å². The molecule has 2 heterocycles. The van der Waals surface area contributed by atoms with Crippen molar-refractivity contribution in [2.75, 3.05) is 26.7 Å². The van der Waals surface area contributed by atoms with E-state index in [0.717, 1.165) is 32.6 Å². The molecule has 1 fully saturated rings. The molecule has 1 amide bonds. The Bertz CT molecular complexity index is 499. The van der Waals surface area contributed by atoms with Crippen LogP contribution in [0.25, 0.3) is 0 Å². The number of ether oxygens (including phenoxy) is 1. The van der Waals surface area contributed by atoms with Crippen LogP contribution >= 0.6 is 0 Å². The molecular formula is C18H29N3O2. The van der Waals surface area contributed by atoms with Crippen LogP contribution in [-0.4, -0.2) is 53.2 Å². The number of aromatic nitrogens is 1. The second kappa shape index (κ2) is 7.77. The predicted molar refractivity (Wildman–Crippen MR) is 91.1 cm³/mol. The van der Waals surface area contributed by atoms with Gasteiger partial charge in [0.05, 0.1) is 0 Å². The third-order valence-electron chi connectivity index (χ3n) is 3.94. The van der Waals surface area contributed by atoms with Gasteiger partial charge in [0.25, 0.3) is 0 Å². The molecule has 23 heavy (non-hydrogen) atoms. The summed E-state index contributed by atoms with van der Waals surface area (Å²) in [5, 5.41) is 0. The van der Waals surface area contributed by atoms with E-state index in [0.29, 0.717) is 5.92 Å². The first-order valence-electron chi connectivity index (χ1n) is 8.39. The number of hydrogen-bond donors (Lipinski definition) is 0. The van der Waals surface area contributed by atoms with Crippen LogP contribution in [0.3, 0.4) is 0 Å². The fraction of sp³-hybridized carbons (Fsp3) is 0.667. The molecule has 0 spiro atoms. The lowest BCUT2D eigenvalue weighted by molar-refractivity contribution is 0.0148. The van der Waals surface area contributed by atoms with E-state index in [4.69, 9.17) is 4.74 Å². The molecule has 0 aromatic carbocycles. The summed E-state index contributed by atoms with van der Waals surface area (Å²) in [5.74, 6) is 0.503. The highest BCUT2D eigenvalue weighted by atomic mass is 16.6. The molecule has 0 radical (unpaired) electrons. The minimum atomic E-state index is -0.428. The first-order chi connectivity index (χ1) is 10.8. The molecule has 1 aliphatic heterocycles. The van der Waals surface area contributed by atoms with Gasteiger partial charge in [0.15, 0.2) is 0 Å². The average molecular weight is 319 g/mol. The Morgan fingerprint density at radius 2 is 2.09 bits per heavy atom. The fourth-order valence-electron chi connectivity index (χ4n) is 3.01. The van der Waals surface area contributed by atoms with Crippen LogP contribution in [0.1, 0.15) is 39.2 Å². The molecule has 128 valence electrons. The van der Waals surface area contributed by atoms with Crippen LogP contribution in [0, 0.1) is 5.92 Å². The summed E-state index contributed by atoms with van der Waals surface area (Å²) < 4.78 is 5.49. The number of amides is 1. The Morgan fingerprint density at radius 3 is 2.74 bits per heavy atom. The molecule has 1 aromatic heterocycles. The summed E-state index contributed by atoms with van der Waals surface area (Å²) in [7, 11) is 2.13. The summed E-state index contributed by atoms with van der Waals surface area (Å²) in [6, 6.07) is 4.09. The maximum Gasteiger partial charge on any atom is 0.410 e. The SMILES string of the molecule is CN(Cc1ccncc1)CC1CCCN(C(=O)OC(C)(C)C)C1. The largest absolute Gasteiger partial charge is 0.444 e. The van der Waals surface area contributed by atoms with E-state index < -0.39 is 5.60 Å². The number of pyridine rings is 1. The summed E-state index contributed by atoms with van der Waals surface area (Å²) in [6.07, 6.45) is 5.69. The third-order valence-corrected chi connectivity index (χ3v) is 3.94. The van der Waals surface area contributed by atoms with Gasteiger partial charge in [0.2, 0.25) is 0 Å². The number of likely N-dealkylation sites (tertiary alicyclic amines) is 1. The minimum absolute atomic E-state index is 0.181. The monoisotopic (exact) mass is 319 g/mol. The molecule has 2 rings (SSSR count). The Hall–Kier alpha value is -1.62. The maximum atomic E-state index is 12.2. The molecule has 1 atom stereocenters. The van der Waals surface area contributed by atoms with Gasteiger partial charge in [-0.3, -0.25) is 4.98 Å². The van der Waals surface area contributed by atoms with Gasteiger partial charge in [-0.25, -0.2) is 4.79 Å². The topological polar surface area (TPSA) is 45.7 Å². The Labute approximate surface area is 139 Å². The summed E-state index contributed by atoms with van der Waals surface area (Å²) >= 11 is 0. The Balaban J connectivity index is 1.82. The van der Waals surface area contributed by atoms with Gasteiger partial charge in [-0.15, -0.1) is 0 Å². The van der Waals surface area contributed by atoms with Crippen molar-refractivity contribution in [2.45, 2.75) is 45.8 Å². The zero-order valence-corrected chi connectivity index (χ0v) is 14.8. The molecule has 0 bridgehead atoms. The van der Waals surface area contributed by atoms with Gasteiger partial charge in [-0.2, -0.15) is 0 Å². The molecule has 1 aliphatic rings. The molecule has 1 saturated heterocycles. The molecule has 1 aromatic rings. The van der Waals surface area contributed by atoms with Crippen molar-refractivity contribution < 1.29 is 9.53 Å². The average Bonchev–Trinajstić information content (AvgIpc) is 2.46.